The van der Waals surface area contributed by atoms with Crippen molar-refractivity contribution in [1.29, 1.82) is 0 Å². The normalized spacial score (nSPS) is 10.8. The van der Waals surface area contributed by atoms with Crippen LogP contribution in [-0.4, -0.2) is 55.0 Å². The first kappa shape index (κ1) is 21.7. The first-order chi connectivity index (χ1) is 14.9. The first-order valence-electron chi connectivity index (χ1n) is 9.58. The molecular formula is C19H23N7O5. The third kappa shape index (κ3) is 5.15. The maximum absolute atomic E-state index is 12.3. The molecule has 0 unspecified atom stereocenters. The Morgan fingerprint density at radius 3 is 2.81 bits per heavy atom. The molecule has 12 heteroatoms. The van der Waals surface area contributed by atoms with Crippen molar-refractivity contribution in [3.63, 3.8) is 0 Å². The summed E-state index contributed by atoms with van der Waals surface area (Å²) in [6.07, 6.45) is 2.70. The van der Waals surface area contributed by atoms with Crippen molar-refractivity contribution in [3.05, 3.63) is 46.3 Å². The fourth-order valence-electron chi connectivity index (χ4n) is 2.86. The number of amides is 2. The third-order valence-corrected chi connectivity index (χ3v) is 4.56. The molecule has 0 saturated carbocycles. The van der Waals surface area contributed by atoms with E-state index in [0.29, 0.717) is 38.1 Å². The van der Waals surface area contributed by atoms with E-state index in [1.165, 1.54) is 26.6 Å². The summed E-state index contributed by atoms with van der Waals surface area (Å²) in [5.74, 6) is -0.197. The number of fused-ring (bicyclic) bond motifs is 1. The van der Waals surface area contributed by atoms with Crippen molar-refractivity contribution in [2.75, 3.05) is 13.7 Å². The number of aryl methyl sites for hydroxylation is 1. The van der Waals surface area contributed by atoms with Gasteiger partial charge in [0, 0.05) is 26.6 Å². The van der Waals surface area contributed by atoms with E-state index >= 15 is 0 Å². The highest BCUT2D eigenvalue weighted by Crippen LogP contribution is 2.26. The van der Waals surface area contributed by atoms with Crippen molar-refractivity contribution in [1.82, 2.24) is 35.0 Å². The summed E-state index contributed by atoms with van der Waals surface area (Å²) in [6.45, 7) is 0.665. The number of carbonyl (C=O) groups is 2. The molecular weight excluding hydrogens is 406 g/mol. The maximum Gasteiger partial charge on any atom is 0.352 e. The summed E-state index contributed by atoms with van der Waals surface area (Å²) in [5.41, 5.74) is 0.465. The zero-order valence-corrected chi connectivity index (χ0v) is 17.2. The van der Waals surface area contributed by atoms with Crippen molar-refractivity contribution in [2.45, 2.75) is 25.8 Å². The minimum absolute atomic E-state index is 0.0206. The number of nitrogens with zero attached hydrogens (tertiary/aromatic N) is 5. The lowest BCUT2D eigenvalue weighted by Crippen LogP contribution is -2.29. The van der Waals surface area contributed by atoms with Crippen molar-refractivity contribution in [2.24, 2.45) is 7.05 Å². The molecule has 31 heavy (non-hydrogen) atoms. The zero-order chi connectivity index (χ0) is 22.4. The van der Waals surface area contributed by atoms with Crippen LogP contribution in [0.25, 0.3) is 5.65 Å². The third-order valence-electron chi connectivity index (χ3n) is 4.56. The molecule has 0 atom stereocenters. The molecule has 0 spiro atoms. The number of aromatic nitrogens is 5. The highest BCUT2D eigenvalue weighted by molar-refractivity contribution is 5.97. The van der Waals surface area contributed by atoms with E-state index < -0.39 is 11.6 Å². The average molecular weight is 429 g/mol. The van der Waals surface area contributed by atoms with Crippen molar-refractivity contribution in [3.8, 4) is 11.5 Å². The van der Waals surface area contributed by atoms with E-state index in [0.717, 1.165) is 14.6 Å². The summed E-state index contributed by atoms with van der Waals surface area (Å²) < 4.78 is 7.23. The van der Waals surface area contributed by atoms with Crippen molar-refractivity contribution < 1.29 is 19.4 Å². The molecule has 0 aliphatic rings. The molecule has 1 aromatic carbocycles. The van der Waals surface area contributed by atoms with Crippen LogP contribution in [0.2, 0.25) is 0 Å². The number of carbonyl (C=O) groups excluding carboxylic acids is 2. The van der Waals surface area contributed by atoms with Gasteiger partial charge in [-0.15, -0.1) is 5.10 Å². The largest absolute Gasteiger partial charge is 0.504 e. The van der Waals surface area contributed by atoms with Crippen LogP contribution in [0.1, 0.15) is 35.3 Å². The number of unbranched alkanes of at least 4 members (excludes halogenated alkanes) is 1. The molecule has 164 valence electrons. The number of rotatable bonds is 9. The minimum Gasteiger partial charge on any atom is -0.504 e. The molecule has 0 bridgehead atoms. The van der Waals surface area contributed by atoms with Gasteiger partial charge < -0.3 is 20.5 Å². The summed E-state index contributed by atoms with van der Waals surface area (Å²) in [4.78, 5) is 40.1. The van der Waals surface area contributed by atoms with Gasteiger partial charge in [0.2, 0.25) is 5.91 Å². The van der Waals surface area contributed by atoms with Gasteiger partial charge in [-0.1, -0.05) is 11.3 Å². The molecule has 0 radical (unpaired) electrons. The number of methoxy groups -OCH3 is 1. The topological polar surface area (TPSA) is 153 Å². The molecule has 0 aliphatic carbocycles. The lowest BCUT2D eigenvalue weighted by Gasteiger charge is -2.08. The predicted molar refractivity (Wildman–Crippen MR) is 109 cm³/mol. The van der Waals surface area contributed by atoms with Crippen LogP contribution >= 0.6 is 0 Å². The second-order valence-electron chi connectivity index (χ2n) is 6.78. The lowest BCUT2D eigenvalue weighted by molar-refractivity contribution is -0.121. The van der Waals surface area contributed by atoms with Crippen LogP contribution in [0.3, 0.4) is 0 Å². The number of aromatic hydroxyl groups is 1. The molecule has 2 amide bonds. The number of phenols is 1. The summed E-state index contributed by atoms with van der Waals surface area (Å²) >= 11 is 0. The summed E-state index contributed by atoms with van der Waals surface area (Å²) in [6, 6.07) is 4.87. The van der Waals surface area contributed by atoms with Gasteiger partial charge in [-0.05, 0) is 30.5 Å². The van der Waals surface area contributed by atoms with Gasteiger partial charge in [0.1, 0.15) is 6.33 Å². The van der Waals surface area contributed by atoms with Crippen LogP contribution in [-0.2, 0) is 18.4 Å². The second-order valence-corrected chi connectivity index (χ2v) is 6.78. The minimum atomic E-state index is -0.462. The highest BCUT2D eigenvalue weighted by Gasteiger charge is 2.16. The Balaban J connectivity index is 1.39. The second kappa shape index (κ2) is 9.69. The Kier molecular flexibility index (Phi) is 6.80. The van der Waals surface area contributed by atoms with Crippen LogP contribution < -0.4 is 21.1 Å². The number of ether oxygens (including phenoxy) is 1. The van der Waals surface area contributed by atoms with E-state index in [2.05, 4.69) is 25.9 Å². The SMILES string of the molecule is COc1cc(CNC(=O)CCCCNC(=O)c2ncn3c(=O)n(C)nnc23)ccc1O. The molecule has 3 rings (SSSR count). The van der Waals surface area contributed by atoms with Gasteiger partial charge in [0.25, 0.3) is 5.91 Å². The van der Waals surface area contributed by atoms with E-state index in [1.54, 1.807) is 12.1 Å². The monoisotopic (exact) mass is 429 g/mol. The van der Waals surface area contributed by atoms with E-state index in [1.807, 2.05) is 0 Å². The molecule has 0 saturated heterocycles. The number of imidazole rings is 1. The van der Waals surface area contributed by atoms with Gasteiger partial charge in [-0.3, -0.25) is 9.59 Å². The molecule has 2 aromatic heterocycles. The van der Waals surface area contributed by atoms with Gasteiger partial charge in [-0.2, -0.15) is 4.68 Å². The Morgan fingerprint density at radius 1 is 1.23 bits per heavy atom. The Bertz CT molecular complexity index is 1150. The number of phenolic OH excluding ortho intramolecular Hbond substituents is 1. The number of nitrogens with one attached hydrogen (secondary N) is 2. The quantitative estimate of drug-likeness (QED) is 0.394. The number of benzene rings is 1. The summed E-state index contributed by atoms with van der Waals surface area (Å²) in [7, 11) is 2.91. The van der Waals surface area contributed by atoms with E-state index in [4.69, 9.17) is 4.74 Å². The van der Waals surface area contributed by atoms with Gasteiger partial charge >= 0.3 is 5.69 Å². The molecule has 3 aromatic rings. The Morgan fingerprint density at radius 2 is 2.03 bits per heavy atom. The van der Waals surface area contributed by atoms with Crippen LogP contribution in [0.15, 0.2) is 29.3 Å². The Hall–Kier alpha value is -3.96. The van der Waals surface area contributed by atoms with Crippen LogP contribution in [0.4, 0.5) is 0 Å². The zero-order valence-electron chi connectivity index (χ0n) is 17.2. The maximum atomic E-state index is 12.3. The molecule has 0 fully saturated rings. The Labute approximate surface area is 176 Å². The molecule has 12 nitrogen and oxygen atoms in total. The highest BCUT2D eigenvalue weighted by atomic mass is 16.5. The van der Waals surface area contributed by atoms with E-state index in [9.17, 15) is 19.5 Å². The smallest absolute Gasteiger partial charge is 0.352 e. The predicted octanol–water partition coefficient (Wildman–Crippen LogP) is -0.246. The average Bonchev–Trinajstić information content (AvgIpc) is 3.20. The summed E-state index contributed by atoms with van der Waals surface area (Å²) in [5, 5.41) is 22.6. The first-order valence-corrected chi connectivity index (χ1v) is 9.58. The molecule has 0 aliphatic heterocycles. The van der Waals surface area contributed by atoms with Crippen LogP contribution in [0, 0.1) is 0 Å². The van der Waals surface area contributed by atoms with Crippen LogP contribution in [0.5, 0.6) is 11.5 Å². The van der Waals surface area contributed by atoms with E-state index in [-0.39, 0.29) is 23.0 Å². The fourth-order valence-corrected chi connectivity index (χ4v) is 2.86. The fraction of sp³-hybridized carbons (Fsp3) is 0.368. The molecule has 2 heterocycles. The standard InChI is InChI=1S/C19H23N7O5/c1-25-19(30)26-11-22-16(17(26)23-24-25)18(29)20-8-4-3-5-15(28)21-10-12-6-7-13(27)14(9-12)31-2/h6-7,9,11,27H,3-5,8,10H2,1-2H3,(H,20,29)(H,21,28). The number of hydrogen-bond donors (Lipinski definition) is 3. The lowest BCUT2D eigenvalue weighted by atomic mass is 10.2. The number of hydrogen-bond acceptors (Lipinski definition) is 8. The molecule has 3 N–H and O–H groups in total. The van der Waals surface area contributed by atoms with Gasteiger partial charge in [-0.25, -0.2) is 14.2 Å². The van der Waals surface area contributed by atoms with Gasteiger partial charge in [0.05, 0.1) is 7.11 Å². The van der Waals surface area contributed by atoms with Crippen molar-refractivity contribution >= 4 is 17.5 Å². The van der Waals surface area contributed by atoms with Gasteiger partial charge in [0.15, 0.2) is 22.8 Å².